The molecule has 0 heterocycles. The minimum atomic E-state index is -0.169. The van der Waals surface area contributed by atoms with E-state index in [0.717, 1.165) is 11.3 Å². The summed E-state index contributed by atoms with van der Waals surface area (Å²) < 4.78 is 5.07. The van der Waals surface area contributed by atoms with Gasteiger partial charge >= 0.3 is 0 Å². The van der Waals surface area contributed by atoms with Crippen LogP contribution in [0, 0.1) is 5.92 Å². The number of nitrogens with one attached hydrogen (secondary N) is 2. The second-order valence-corrected chi connectivity index (χ2v) is 5.28. The van der Waals surface area contributed by atoms with Crippen molar-refractivity contribution < 1.29 is 14.3 Å². The summed E-state index contributed by atoms with van der Waals surface area (Å²) in [6.45, 7) is 5.70. The number of amides is 2. The van der Waals surface area contributed by atoms with Gasteiger partial charge in [0.1, 0.15) is 5.75 Å². The first-order valence-electron chi connectivity index (χ1n) is 7.15. The Balaban J connectivity index is 2.38. The maximum Gasteiger partial charge on any atom is 0.242 e. The number of ether oxygens (including phenoxy) is 1. The Morgan fingerprint density at radius 3 is 2.41 bits per heavy atom. The molecule has 0 spiro atoms. The number of nitrogens with zero attached hydrogens (tertiary/aromatic N) is 1. The molecule has 6 heteroatoms. The first kappa shape index (κ1) is 17.7. The van der Waals surface area contributed by atoms with Crippen LogP contribution in [0.1, 0.15) is 32.8 Å². The summed E-state index contributed by atoms with van der Waals surface area (Å²) in [5.74, 6) is 0.327. The van der Waals surface area contributed by atoms with Crippen molar-refractivity contribution in [2.24, 2.45) is 11.0 Å². The summed E-state index contributed by atoms with van der Waals surface area (Å²) in [7, 11) is 1.61. The molecule has 1 aromatic rings. The average Bonchev–Trinajstić information content (AvgIpc) is 2.50. The number of carbonyl (C=O) groups excluding carboxylic acids is 2. The summed E-state index contributed by atoms with van der Waals surface area (Å²) in [4.78, 5) is 23.2. The molecule has 22 heavy (non-hydrogen) atoms. The SMILES string of the molecule is COc1ccc(CNC(=O)C/C(C)=N/NC(=O)C(C)C)cc1. The summed E-state index contributed by atoms with van der Waals surface area (Å²) in [5.41, 5.74) is 3.97. The molecule has 1 aromatic carbocycles. The number of benzene rings is 1. The van der Waals surface area contributed by atoms with Crippen LogP contribution in [0.15, 0.2) is 29.4 Å². The van der Waals surface area contributed by atoms with Crippen LogP contribution in [-0.2, 0) is 16.1 Å². The van der Waals surface area contributed by atoms with Crippen LogP contribution in [0.3, 0.4) is 0 Å². The first-order valence-corrected chi connectivity index (χ1v) is 7.15. The summed E-state index contributed by atoms with van der Waals surface area (Å²) >= 11 is 0. The third-order valence-electron chi connectivity index (χ3n) is 2.95. The molecule has 1 rings (SSSR count). The third kappa shape index (κ3) is 6.39. The molecule has 0 aliphatic rings. The van der Waals surface area contributed by atoms with Crippen molar-refractivity contribution in [3.63, 3.8) is 0 Å². The molecule has 6 nitrogen and oxygen atoms in total. The van der Waals surface area contributed by atoms with Crippen molar-refractivity contribution in [1.29, 1.82) is 0 Å². The van der Waals surface area contributed by atoms with Gasteiger partial charge in [-0.05, 0) is 24.6 Å². The molecule has 2 amide bonds. The quantitative estimate of drug-likeness (QED) is 0.596. The third-order valence-corrected chi connectivity index (χ3v) is 2.95. The highest BCUT2D eigenvalue weighted by molar-refractivity contribution is 6.00. The lowest BCUT2D eigenvalue weighted by molar-refractivity contribution is -0.124. The van der Waals surface area contributed by atoms with Gasteiger partial charge in [0.05, 0.1) is 13.5 Å². The monoisotopic (exact) mass is 305 g/mol. The number of methoxy groups -OCH3 is 1. The number of carbonyl (C=O) groups is 2. The Kier molecular flexibility index (Phi) is 7.08. The minimum absolute atomic E-state index is 0.138. The van der Waals surface area contributed by atoms with Crippen LogP contribution in [0.5, 0.6) is 5.75 Å². The highest BCUT2D eigenvalue weighted by Crippen LogP contribution is 2.10. The number of hydrogen-bond acceptors (Lipinski definition) is 4. The lowest BCUT2D eigenvalue weighted by Crippen LogP contribution is -2.27. The Bertz CT molecular complexity index is 536. The van der Waals surface area contributed by atoms with Crippen molar-refractivity contribution in [2.75, 3.05) is 7.11 Å². The highest BCUT2D eigenvalue weighted by atomic mass is 16.5. The molecule has 2 N–H and O–H groups in total. The Morgan fingerprint density at radius 1 is 1.23 bits per heavy atom. The molecule has 0 aliphatic carbocycles. The minimum Gasteiger partial charge on any atom is -0.497 e. The predicted molar refractivity (Wildman–Crippen MR) is 85.5 cm³/mol. The smallest absolute Gasteiger partial charge is 0.242 e. The van der Waals surface area contributed by atoms with E-state index >= 15 is 0 Å². The molecular weight excluding hydrogens is 282 g/mol. The van der Waals surface area contributed by atoms with Crippen LogP contribution in [-0.4, -0.2) is 24.6 Å². The van der Waals surface area contributed by atoms with E-state index < -0.39 is 0 Å². The van der Waals surface area contributed by atoms with Gasteiger partial charge in [-0.2, -0.15) is 5.10 Å². The molecule has 0 fully saturated rings. The molecule has 0 aromatic heterocycles. The Labute approximate surface area is 130 Å². The van der Waals surface area contributed by atoms with Crippen LogP contribution in [0.4, 0.5) is 0 Å². The predicted octanol–water partition coefficient (Wildman–Crippen LogP) is 1.85. The normalized spacial score (nSPS) is 11.2. The lowest BCUT2D eigenvalue weighted by Gasteiger charge is -2.07. The van der Waals surface area contributed by atoms with Crippen molar-refractivity contribution in [2.45, 2.75) is 33.7 Å². The van der Waals surface area contributed by atoms with E-state index in [2.05, 4.69) is 15.8 Å². The highest BCUT2D eigenvalue weighted by Gasteiger charge is 2.07. The summed E-state index contributed by atoms with van der Waals surface area (Å²) in [6, 6.07) is 7.47. The number of rotatable bonds is 7. The van der Waals surface area contributed by atoms with Crippen molar-refractivity contribution in [3.05, 3.63) is 29.8 Å². The van der Waals surface area contributed by atoms with Gasteiger partial charge in [-0.3, -0.25) is 9.59 Å². The summed E-state index contributed by atoms with van der Waals surface area (Å²) in [6.07, 6.45) is 0.147. The molecule has 0 atom stereocenters. The Hall–Kier alpha value is -2.37. The zero-order valence-corrected chi connectivity index (χ0v) is 13.5. The van der Waals surface area contributed by atoms with Crippen molar-refractivity contribution in [1.82, 2.24) is 10.7 Å². The van der Waals surface area contributed by atoms with Gasteiger partial charge < -0.3 is 10.1 Å². The van der Waals surface area contributed by atoms with Crippen molar-refractivity contribution >= 4 is 17.5 Å². The van der Waals surface area contributed by atoms with E-state index in [0.29, 0.717) is 12.3 Å². The van der Waals surface area contributed by atoms with Crippen LogP contribution < -0.4 is 15.5 Å². The van der Waals surface area contributed by atoms with E-state index in [1.807, 2.05) is 24.3 Å². The molecule has 0 radical (unpaired) electrons. The van der Waals surface area contributed by atoms with E-state index in [9.17, 15) is 9.59 Å². The largest absolute Gasteiger partial charge is 0.497 e. The van der Waals surface area contributed by atoms with E-state index in [1.165, 1.54) is 0 Å². The van der Waals surface area contributed by atoms with E-state index in [-0.39, 0.29) is 24.2 Å². The molecule has 0 bridgehead atoms. The average molecular weight is 305 g/mol. The van der Waals surface area contributed by atoms with Gasteiger partial charge in [-0.15, -0.1) is 0 Å². The maximum atomic E-state index is 11.8. The van der Waals surface area contributed by atoms with Gasteiger partial charge in [0.25, 0.3) is 0 Å². The lowest BCUT2D eigenvalue weighted by atomic mass is 10.2. The molecule has 0 aliphatic heterocycles. The zero-order valence-electron chi connectivity index (χ0n) is 13.5. The fourth-order valence-electron chi connectivity index (χ4n) is 1.56. The zero-order chi connectivity index (χ0) is 16.5. The molecule has 120 valence electrons. The van der Waals surface area contributed by atoms with Gasteiger partial charge in [0.2, 0.25) is 11.8 Å². The van der Waals surface area contributed by atoms with Crippen molar-refractivity contribution in [3.8, 4) is 5.75 Å². The van der Waals surface area contributed by atoms with Crippen LogP contribution in [0.2, 0.25) is 0 Å². The molecule has 0 saturated heterocycles. The van der Waals surface area contributed by atoms with Crippen LogP contribution >= 0.6 is 0 Å². The maximum absolute atomic E-state index is 11.8. The second kappa shape index (κ2) is 8.81. The second-order valence-electron chi connectivity index (χ2n) is 5.28. The fourth-order valence-corrected chi connectivity index (χ4v) is 1.56. The van der Waals surface area contributed by atoms with E-state index in [1.54, 1.807) is 27.9 Å². The van der Waals surface area contributed by atoms with Gasteiger partial charge in [-0.1, -0.05) is 26.0 Å². The van der Waals surface area contributed by atoms with E-state index in [4.69, 9.17) is 4.74 Å². The number of hydrogen-bond donors (Lipinski definition) is 2. The first-order chi connectivity index (χ1) is 10.4. The van der Waals surface area contributed by atoms with Gasteiger partial charge in [0.15, 0.2) is 0 Å². The number of hydrazone groups is 1. The standard InChI is InChI=1S/C16H23N3O3/c1-11(2)16(21)19-18-12(3)9-15(20)17-10-13-5-7-14(22-4)8-6-13/h5-8,11H,9-10H2,1-4H3,(H,17,20)(H,19,21)/b18-12+. The Morgan fingerprint density at radius 2 is 1.86 bits per heavy atom. The topological polar surface area (TPSA) is 79.8 Å². The molecule has 0 unspecified atom stereocenters. The summed E-state index contributed by atoms with van der Waals surface area (Å²) in [5, 5.41) is 6.71. The fraction of sp³-hybridized carbons (Fsp3) is 0.438. The van der Waals surface area contributed by atoms with Crippen LogP contribution in [0.25, 0.3) is 0 Å². The molecular formula is C16H23N3O3. The molecule has 0 saturated carbocycles. The van der Waals surface area contributed by atoms with Gasteiger partial charge in [-0.25, -0.2) is 5.43 Å². The van der Waals surface area contributed by atoms with Gasteiger partial charge in [0, 0.05) is 18.2 Å².